The third-order valence-electron chi connectivity index (χ3n) is 10.5. The molecule has 7 atom stereocenters. The van der Waals surface area contributed by atoms with Crippen molar-refractivity contribution < 1.29 is 10.2 Å². The molecule has 0 heterocycles. The maximum Gasteiger partial charge on any atom is 0.122 e. The van der Waals surface area contributed by atoms with Gasteiger partial charge in [0, 0.05) is 0 Å². The zero-order valence-electron chi connectivity index (χ0n) is 24.0. The Morgan fingerprint density at radius 2 is 1.36 bits per heavy atom. The Labute approximate surface area is 222 Å². The summed E-state index contributed by atoms with van der Waals surface area (Å²) in [5, 5.41) is 20.5. The fourth-order valence-electron chi connectivity index (χ4n) is 6.79. The van der Waals surface area contributed by atoms with Crippen molar-refractivity contribution in [3.63, 3.8) is 0 Å². The lowest BCUT2D eigenvalue weighted by atomic mass is 9.96. The van der Waals surface area contributed by atoms with Crippen molar-refractivity contribution in [3.8, 4) is 11.5 Å². The fraction of sp³-hybridized carbons (Fsp3) is 0.765. The summed E-state index contributed by atoms with van der Waals surface area (Å²) >= 11 is 0. The average molecular weight is 495 g/mol. The van der Waals surface area contributed by atoms with E-state index in [1.807, 2.05) is 13.8 Å². The van der Waals surface area contributed by atoms with Gasteiger partial charge in [0.25, 0.3) is 0 Å². The smallest absolute Gasteiger partial charge is 0.122 e. The molecule has 36 heavy (non-hydrogen) atoms. The number of rotatable bonds is 16. The van der Waals surface area contributed by atoms with Crippen LogP contribution < -0.4 is 0 Å². The number of allylic oxidation sites excluding steroid dienone is 2. The first-order valence-corrected chi connectivity index (χ1v) is 15.4. The van der Waals surface area contributed by atoms with Crippen molar-refractivity contribution in [3.05, 3.63) is 34.4 Å². The summed E-state index contributed by atoms with van der Waals surface area (Å²) in [5.74, 6) is 7.57. The number of phenolic OH excluding ortho intramolecular Hbond substituents is 2. The molecule has 1 aromatic carbocycles. The van der Waals surface area contributed by atoms with Gasteiger partial charge in [0.1, 0.15) is 11.5 Å². The maximum atomic E-state index is 10.4. The molecule has 0 aromatic heterocycles. The van der Waals surface area contributed by atoms with Crippen LogP contribution in [0.2, 0.25) is 0 Å². The van der Waals surface area contributed by atoms with Crippen LogP contribution in [0.15, 0.2) is 17.7 Å². The van der Waals surface area contributed by atoms with Crippen molar-refractivity contribution in [2.75, 3.05) is 0 Å². The van der Waals surface area contributed by atoms with E-state index in [1.165, 1.54) is 77.0 Å². The van der Waals surface area contributed by atoms with Gasteiger partial charge < -0.3 is 10.2 Å². The van der Waals surface area contributed by atoms with Gasteiger partial charge >= 0.3 is 0 Å². The molecule has 3 aliphatic carbocycles. The minimum Gasteiger partial charge on any atom is -0.508 e. The molecule has 1 unspecified atom stereocenters. The zero-order chi connectivity index (χ0) is 25.8. The molecule has 0 amide bonds. The van der Waals surface area contributed by atoms with Crippen LogP contribution in [0.1, 0.15) is 121 Å². The monoisotopic (exact) mass is 494 g/mol. The molecule has 0 radical (unpaired) electrons. The first kappa shape index (κ1) is 27.6. The third-order valence-corrected chi connectivity index (χ3v) is 10.5. The van der Waals surface area contributed by atoms with E-state index in [2.05, 4.69) is 26.8 Å². The van der Waals surface area contributed by atoms with Crippen LogP contribution in [0.3, 0.4) is 0 Å². The molecule has 4 rings (SSSR count). The van der Waals surface area contributed by atoms with E-state index in [-0.39, 0.29) is 0 Å². The van der Waals surface area contributed by atoms with Crippen molar-refractivity contribution in [2.24, 2.45) is 41.4 Å². The van der Waals surface area contributed by atoms with Crippen LogP contribution in [0.4, 0.5) is 0 Å². The molecule has 0 saturated heterocycles. The lowest BCUT2D eigenvalue weighted by molar-refractivity contribution is 0.441. The van der Waals surface area contributed by atoms with Gasteiger partial charge in [0.05, 0.1) is 0 Å². The number of hydrogen-bond donors (Lipinski definition) is 2. The Balaban J connectivity index is 1.02. The van der Waals surface area contributed by atoms with Crippen molar-refractivity contribution >= 4 is 0 Å². The molecule has 0 spiro atoms. The molecule has 3 saturated carbocycles. The normalized spacial score (nSPS) is 29.9. The molecule has 3 aliphatic rings. The lowest BCUT2D eigenvalue weighted by Gasteiger charge is -2.11. The second-order valence-electron chi connectivity index (χ2n) is 13.3. The van der Waals surface area contributed by atoms with E-state index in [0.717, 1.165) is 71.0 Å². The first-order chi connectivity index (χ1) is 17.3. The third kappa shape index (κ3) is 7.78. The number of aromatic hydroxyl groups is 2. The van der Waals surface area contributed by atoms with Gasteiger partial charge in [0.15, 0.2) is 0 Å². The summed E-state index contributed by atoms with van der Waals surface area (Å²) in [5.41, 5.74) is 4.11. The van der Waals surface area contributed by atoms with Crippen LogP contribution in [0, 0.1) is 55.3 Å². The largest absolute Gasteiger partial charge is 0.508 e. The number of aryl methyl sites for hydroxylation is 1. The number of hydrogen-bond acceptors (Lipinski definition) is 2. The second-order valence-corrected chi connectivity index (χ2v) is 13.3. The highest BCUT2D eigenvalue weighted by molar-refractivity contribution is 5.51. The summed E-state index contributed by atoms with van der Waals surface area (Å²) in [6, 6.07) is 1.78. The Morgan fingerprint density at radius 1 is 0.833 bits per heavy atom. The SMILES string of the molecule is CC/C(C)=C\CCC(C)CC[C@H]1C[C@@H]1CC[C@H]1C[C@@H]1CC[C@@H]1C[C@H]1CCc1cc(O)c(C)c(C)c1O. The molecule has 2 N–H and O–H groups in total. The number of phenols is 2. The molecule has 0 aliphatic heterocycles. The highest BCUT2D eigenvalue weighted by atomic mass is 16.3. The van der Waals surface area contributed by atoms with Crippen LogP contribution in [0.5, 0.6) is 11.5 Å². The molecular formula is C34H54O2. The number of benzene rings is 1. The van der Waals surface area contributed by atoms with Gasteiger partial charge in [-0.1, -0.05) is 31.9 Å². The van der Waals surface area contributed by atoms with E-state index in [9.17, 15) is 10.2 Å². The molecule has 202 valence electrons. The fourth-order valence-corrected chi connectivity index (χ4v) is 6.79. The highest BCUT2D eigenvalue weighted by Crippen LogP contribution is 2.53. The maximum absolute atomic E-state index is 10.4. The molecule has 0 bridgehead atoms. The van der Waals surface area contributed by atoms with Gasteiger partial charge in [-0.2, -0.15) is 0 Å². The summed E-state index contributed by atoms with van der Waals surface area (Å²) in [6.45, 7) is 10.8. The summed E-state index contributed by atoms with van der Waals surface area (Å²) in [4.78, 5) is 0. The highest BCUT2D eigenvalue weighted by Gasteiger charge is 2.43. The van der Waals surface area contributed by atoms with Crippen molar-refractivity contribution in [2.45, 2.75) is 125 Å². The van der Waals surface area contributed by atoms with Crippen LogP contribution >= 0.6 is 0 Å². The van der Waals surface area contributed by atoms with E-state index < -0.39 is 0 Å². The Bertz CT molecular complexity index is 899. The van der Waals surface area contributed by atoms with E-state index in [1.54, 1.807) is 11.6 Å². The minimum atomic E-state index is 0.324. The van der Waals surface area contributed by atoms with E-state index in [4.69, 9.17) is 0 Å². The Morgan fingerprint density at radius 3 is 1.92 bits per heavy atom. The van der Waals surface area contributed by atoms with Gasteiger partial charge in [-0.3, -0.25) is 0 Å². The summed E-state index contributed by atoms with van der Waals surface area (Å²) < 4.78 is 0. The standard InChI is InChI=1S/C34H54O2/c1-6-22(2)8-7-9-23(3)10-11-26-18-27(26)12-13-28-19-29(28)14-15-30-20-31(30)16-17-32-21-33(35)24(4)25(5)34(32)36/h8,21,23,26-31,35-36H,6-7,9-20H2,1-5H3/b22-8-/t23?,26-,27-,28-,29-,30+,31+/m0/s1. The van der Waals surface area contributed by atoms with Gasteiger partial charge in [-0.25, -0.2) is 0 Å². The second kappa shape index (κ2) is 12.4. The zero-order valence-corrected chi connectivity index (χ0v) is 24.0. The molecular weight excluding hydrogens is 440 g/mol. The first-order valence-electron chi connectivity index (χ1n) is 15.4. The molecule has 1 aromatic rings. The lowest BCUT2D eigenvalue weighted by Crippen LogP contribution is -1.96. The van der Waals surface area contributed by atoms with Gasteiger partial charge in [0.2, 0.25) is 0 Å². The van der Waals surface area contributed by atoms with E-state index in [0.29, 0.717) is 11.5 Å². The van der Waals surface area contributed by atoms with Crippen LogP contribution in [-0.2, 0) is 6.42 Å². The minimum absolute atomic E-state index is 0.324. The summed E-state index contributed by atoms with van der Waals surface area (Å²) in [7, 11) is 0. The van der Waals surface area contributed by atoms with Gasteiger partial charge in [-0.05, 0) is 168 Å². The Hall–Kier alpha value is -1.44. The van der Waals surface area contributed by atoms with Crippen molar-refractivity contribution in [1.29, 1.82) is 0 Å². The van der Waals surface area contributed by atoms with Crippen LogP contribution in [-0.4, -0.2) is 10.2 Å². The summed E-state index contributed by atoms with van der Waals surface area (Å²) in [6.07, 6.45) is 21.6. The van der Waals surface area contributed by atoms with Crippen LogP contribution in [0.25, 0.3) is 0 Å². The quantitative estimate of drug-likeness (QED) is 0.177. The van der Waals surface area contributed by atoms with E-state index >= 15 is 0 Å². The molecule has 2 nitrogen and oxygen atoms in total. The predicted octanol–water partition coefficient (Wildman–Crippen LogP) is 9.67. The Kier molecular flexibility index (Phi) is 9.51. The predicted molar refractivity (Wildman–Crippen MR) is 153 cm³/mol. The van der Waals surface area contributed by atoms with Crippen molar-refractivity contribution in [1.82, 2.24) is 0 Å². The molecule has 2 heteroatoms. The van der Waals surface area contributed by atoms with Gasteiger partial charge in [-0.15, -0.1) is 0 Å². The topological polar surface area (TPSA) is 40.5 Å². The average Bonchev–Trinajstić information content (AvgIpc) is 3.76. The molecule has 3 fully saturated rings.